The van der Waals surface area contributed by atoms with Gasteiger partial charge < -0.3 is 9.84 Å². The van der Waals surface area contributed by atoms with E-state index in [2.05, 4.69) is 4.98 Å². The number of aliphatic hydroxyl groups is 1. The number of carbonyl (C=O) groups is 2. The maximum Gasteiger partial charge on any atom is 0.300 e. The highest BCUT2D eigenvalue weighted by Crippen LogP contribution is 2.43. The smallest absolute Gasteiger partial charge is 0.300 e. The van der Waals surface area contributed by atoms with Crippen molar-refractivity contribution in [3.05, 3.63) is 94.0 Å². The van der Waals surface area contributed by atoms with Crippen LogP contribution >= 0.6 is 11.6 Å². The maximum absolute atomic E-state index is 13.9. The van der Waals surface area contributed by atoms with Crippen molar-refractivity contribution in [2.75, 3.05) is 11.5 Å². The maximum atomic E-state index is 13.9. The molecule has 36 heavy (non-hydrogen) atoms. The highest BCUT2D eigenvalue weighted by molar-refractivity contribution is 6.51. The van der Waals surface area contributed by atoms with Gasteiger partial charge in [0.15, 0.2) is 0 Å². The van der Waals surface area contributed by atoms with Gasteiger partial charge in [-0.25, -0.2) is 4.39 Å². The van der Waals surface area contributed by atoms with E-state index in [0.29, 0.717) is 23.6 Å². The van der Waals surface area contributed by atoms with E-state index in [1.54, 1.807) is 36.4 Å². The summed E-state index contributed by atoms with van der Waals surface area (Å²) in [7, 11) is 0. The van der Waals surface area contributed by atoms with E-state index >= 15 is 0 Å². The molecule has 1 amide bonds. The Kier molecular flexibility index (Phi) is 6.87. The molecule has 3 aromatic rings. The summed E-state index contributed by atoms with van der Waals surface area (Å²) in [5.74, 6) is -2.08. The van der Waals surface area contributed by atoms with Gasteiger partial charge in [0.1, 0.15) is 23.4 Å². The first-order valence-electron chi connectivity index (χ1n) is 11.5. The molecule has 1 unspecified atom stereocenters. The molecule has 0 aliphatic carbocycles. The number of ketones is 1. The molecule has 0 spiro atoms. The zero-order valence-corrected chi connectivity index (χ0v) is 21.1. The molecule has 1 N–H and O–H groups in total. The Morgan fingerprint density at radius 2 is 1.89 bits per heavy atom. The van der Waals surface area contributed by atoms with Crippen LogP contribution in [-0.4, -0.2) is 28.4 Å². The lowest BCUT2D eigenvalue weighted by Crippen LogP contribution is -2.29. The van der Waals surface area contributed by atoms with Crippen LogP contribution in [0.25, 0.3) is 5.76 Å². The monoisotopic (exact) mass is 508 g/mol. The first-order valence-corrected chi connectivity index (χ1v) is 11.9. The van der Waals surface area contributed by atoms with Crippen molar-refractivity contribution >= 4 is 34.7 Å². The lowest BCUT2D eigenvalue weighted by atomic mass is 9.84. The van der Waals surface area contributed by atoms with Crippen LogP contribution in [0, 0.1) is 5.82 Å². The van der Waals surface area contributed by atoms with E-state index < -0.39 is 23.5 Å². The Bertz CT molecular complexity index is 1370. The number of aromatic nitrogens is 1. The lowest BCUT2D eigenvalue weighted by Gasteiger charge is -2.25. The van der Waals surface area contributed by atoms with Gasteiger partial charge in [-0.3, -0.25) is 19.5 Å². The molecule has 0 saturated carbocycles. The molecule has 1 aliphatic rings. The predicted molar refractivity (Wildman–Crippen MR) is 137 cm³/mol. The molecule has 1 fully saturated rings. The fourth-order valence-corrected chi connectivity index (χ4v) is 4.43. The number of aliphatic hydroxyl groups excluding tert-OH is 1. The number of amides is 1. The number of ether oxygens (including phenoxy) is 1. The molecule has 1 saturated heterocycles. The van der Waals surface area contributed by atoms with Crippen molar-refractivity contribution in [3.8, 4) is 5.75 Å². The SMILES string of the molecule is CCOc1ccc(/C(O)=C2/C(=O)C(=O)N(c3ccc(F)c(Cl)c3)C2c2ccccn2)cc1C(C)(C)C. The second-order valence-electron chi connectivity index (χ2n) is 9.42. The van der Waals surface area contributed by atoms with Crippen LogP contribution in [0.3, 0.4) is 0 Å². The summed E-state index contributed by atoms with van der Waals surface area (Å²) in [5.41, 5.74) is 1.32. The van der Waals surface area contributed by atoms with Crippen molar-refractivity contribution in [1.82, 2.24) is 4.98 Å². The van der Waals surface area contributed by atoms with Gasteiger partial charge in [-0.1, -0.05) is 38.4 Å². The minimum absolute atomic E-state index is 0.122. The highest BCUT2D eigenvalue weighted by atomic mass is 35.5. The first kappa shape index (κ1) is 25.4. The van der Waals surface area contributed by atoms with Crippen LogP contribution in [0.4, 0.5) is 10.1 Å². The summed E-state index contributed by atoms with van der Waals surface area (Å²) >= 11 is 5.98. The number of Topliss-reactive ketones (excluding diaryl/α,β-unsaturated/α-hetero) is 1. The number of rotatable bonds is 5. The number of anilines is 1. The molecule has 0 bridgehead atoms. The first-order chi connectivity index (χ1) is 17.0. The van der Waals surface area contributed by atoms with Crippen molar-refractivity contribution in [2.24, 2.45) is 0 Å². The predicted octanol–water partition coefficient (Wildman–Crippen LogP) is 6.20. The summed E-state index contributed by atoms with van der Waals surface area (Å²) in [6.07, 6.45) is 1.53. The number of carbonyl (C=O) groups excluding carboxylic acids is 2. The molecule has 2 aromatic carbocycles. The summed E-state index contributed by atoms with van der Waals surface area (Å²) in [4.78, 5) is 32.1. The van der Waals surface area contributed by atoms with Crippen LogP contribution in [0.15, 0.2) is 66.4 Å². The molecular formula is C28H26ClFN2O4. The molecule has 1 aliphatic heterocycles. The fourth-order valence-electron chi connectivity index (χ4n) is 4.25. The summed E-state index contributed by atoms with van der Waals surface area (Å²) < 4.78 is 19.6. The second-order valence-corrected chi connectivity index (χ2v) is 9.82. The van der Waals surface area contributed by atoms with Crippen molar-refractivity contribution < 1.29 is 23.8 Å². The highest BCUT2D eigenvalue weighted by Gasteiger charge is 2.47. The molecule has 2 heterocycles. The summed E-state index contributed by atoms with van der Waals surface area (Å²) in [5, 5.41) is 11.2. The van der Waals surface area contributed by atoms with Gasteiger partial charge in [0.25, 0.3) is 11.7 Å². The van der Waals surface area contributed by atoms with Gasteiger partial charge in [0.05, 0.1) is 22.9 Å². The Balaban J connectivity index is 1.94. The van der Waals surface area contributed by atoms with E-state index in [1.165, 1.54) is 23.2 Å². The average molecular weight is 509 g/mol. The molecule has 186 valence electrons. The Labute approximate surface area is 214 Å². The zero-order valence-electron chi connectivity index (χ0n) is 20.4. The molecule has 1 atom stereocenters. The van der Waals surface area contributed by atoms with Crippen LogP contribution in [0.5, 0.6) is 5.75 Å². The zero-order chi connectivity index (χ0) is 26.2. The van der Waals surface area contributed by atoms with Crippen LogP contribution in [0.2, 0.25) is 5.02 Å². The fraction of sp³-hybridized carbons (Fsp3) is 0.250. The van der Waals surface area contributed by atoms with E-state index in [-0.39, 0.29) is 27.5 Å². The lowest BCUT2D eigenvalue weighted by molar-refractivity contribution is -0.132. The van der Waals surface area contributed by atoms with E-state index in [9.17, 15) is 19.1 Å². The molecule has 1 aromatic heterocycles. The molecule has 8 heteroatoms. The van der Waals surface area contributed by atoms with Gasteiger partial charge in [0, 0.05) is 23.0 Å². The summed E-state index contributed by atoms with van der Waals surface area (Å²) in [6.45, 7) is 8.40. The van der Waals surface area contributed by atoms with Crippen LogP contribution in [0.1, 0.15) is 50.6 Å². The molecular weight excluding hydrogens is 483 g/mol. The Morgan fingerprint density at radius 3 is 2.50 bits per heavy atom. The Morgan fingerprint density at radius 1 is 1.14 bits per heavy atom. The minimum Gasteiger partial charge on any atom is -0.507 e. The quantitative estimate of drug-likeness (QED) is 0.252. The van der Waals surface area contributed by atoms with Gasteiger partial charge in [-0.15, -0.1) is 0 Å². The van der Waals surface area contributed by atoms with Crippen LogP contribution in [-0.2, 0) is 15.0 Å². The number of hydrogen-bond acceptors (Lipinski definition) is 5. The van der Waals surface area contributed by atoms with E-state index in [1.807, 2.05) is 27.7 Å². The topological polar surface area (TPSA) is 79.7 Å². The van der Waals surface area contributed by atoms with Crippen molar-refractivity contribution in [1.29, 1.82) is 0 Å². The van der Waals surface area contributed by atoms with E-state index in [4.69, 9.17) is 16.3 Å². The van der Waals surface area contributed by atoms with Crippen LogP contribution < -0.4 is 9.64 Å². The standard InChI is InChI=1S/C28H26ClFN2O4/c1-5-36-22-12-9-16(14-18(22)28(2,3)4)25(33)23-24(21-8-6-7-13-31-21)32(27(35)26(23)34)17-10-11-20(30)19(29)15-17/h6-15,24,33H,5H2,1-4H3/b25-23-. The molecule has 6 nitrogen and oxygen atoms in total. The molecule has 4 rings (SSSR count). The third-order valence-corrected chi connectivity index (χ3v) is 6.24. The Hall–Kier alpha value is -3.71. The third kappa shape index (κ3) is 4.58. The number of nitrogens with zero attached hydrogens (tertiary/aromatic N) is 2. The van der Waals surface area contributed by atoms with Crippen molar-refractivity contribution in [3.63, 3.8) is 0 Å². The number of hydrogen-bond donors (Lipinski definition) is 1. The van der Waals surface area contributed by atoms with Gasteiger partial charge >= 0.3 is 0 Å². The number of halogens is 2. The minimum atomic E-state index is -1.04. The number of pyridine rings is 1. The van der Waals surface area contributed by atoms with Gasteiger partial charge in [-0.05, 0) is 60.9 Å². The summed E-state index contributed by atoms with van der Waals surface area (Å²) in [6, 6.07) is 12.9. The number of benzene rings is 2. The average Bonchev–Trinajstić information content (AvgIpc) is 3.11. The second kappa shape index (κ2) is 9.74. The normalized spacial score (nSPS) is 17.5. The van der Waals surface area contributed by atoms with E-state index in [0.717, 1.165) is 11.6 Å². The molecule has 0 radical (unpaired) electrons. The third-order valence-electron chi connectivity index (χ3n) is 5.95. The van der Waals surface area contributed by atoms with Crippen molar-refractivity contribution in [2.45, 2.75) is 39.2 Å². The largest absolute Gasteiger partial charge is 0.507 e. The van der Waals surface area contributed by atoms with Gasteiger partial charge in [-0.2, -0.15) is 0 Å². The van der Waals surface area contributed by atoms with Gasteiger partial charge in [0.2, 0.25) is 0 Å².